The largest absolute Gasteiger partial charge is 0.416 e. The van der Waals surface area contributed by atoms with E-state index < -0.39 is 35.2 Å². The van der Waals surface area contributed by atoms with E-state index in [0.717, 1.165) is 0 Å². The van der Waals surface area contributed by atoms with Crippen LogP contribution in [-0.2, 0) is 12.4 Å². The molecule has 2 aromatic heterocycles. The van der Waals surface area contributed by atoms with Gasteiger partial charge >= 0.3 is 12.4 Å². The number of hydrogen-bond donors (Lipinski definition) is 2. The number of thiocarbonyl (C=S) groups is 1. The van der Waals surface area contributed by atoms with Crippen LogP contribution in [0.5, 0.6) is 0 Å². The van der Waals surface area contributed by atoms with Crippen LogP contribution in [0.1, 0.15) is 29.9 Å². The molecular weight excluding hydrogens is 448 g/mol. The number of nitrogens with zero attached hydrogens (tertiary/aromatic N) is 5. The molecule has 0 saturated carbocycles. The highest BCUT2D eigenvalue weighted by Crippen LogP contribution is 2.37. The molecule has 0 saturated heterocycles. The Morgan fingerprint density at radius 2 is 1.55 bits per heavy atom. The van der Waals surface area contributed by atoms with Crippen molar-refractivity contribution in [2.24, 2.45) is 0 Å². The lowest BCUT2D eigenvalue weighted by atomic mass is 10.1. The van der Waals surface area contributed by atoms with E-state index in [-0.39, 0.29) is 17.1 Å². The van der Waals surface area contributed by atoms with Crippen LogP contribution in [0.25, 0.3) is 5.95 Å². The Morgan fingerprint density at radius 3 is 2.10 bits per heavy atom. The zero-order valence-corrected chi connectivity index (χ0v) is 16.3. The summed E-state index contributed by atoms with van der Waals surface area (Å²) in [4.78, 5) is 12.1. The number of alkyl halides is 6. The average Bonchev–Trinajstić information content (AvgIpc) is 3.17. The van der Waals surface area contributed by atoms with E-state index in [4.69, 9.17) is 12.2 Å². The average molecular weight is 461 g/mol. The molecule has 1 atom stereocenters. The first-order valence-corrected chi connectivity index (χ1v) is 8.90. The van der Waals surface area contributed by atoms with Crippen molar-refractivity contribution in [2.45, 2.75) is 25.3 Å². The molecule has 0 fully saturated rings. The van der Waals surface area contributed by atoms with Crippen LogP contribution < -0.4 is 10.6 Å². The van der Waals surface area contributed by atoms with E-state index in [0.29, 0.717) is 18.0 Å². The van der Waals surface area contributed by atoms with E-state index in [1.54, 1.807) is 13.0 Å². The molecule has 2 N–H and O–H groups in total. The van der Waals surface area contributed by atoms with Crippen molar-refractivity contribution >= 4 is 23.0 Å². The lowest BCUT2D eigenvalue weighted by Gasteiger charge is -2.18. The van der Waals surface area contributed by atoms with E-state index >= 15 is 0 Å². The van der Waals surface area contributed by atoms with Gasteiger partial charge < -0.3 is 10.6 Å². The van der Waals surface area contributed by atoms with Gasteiger partial charge in [0.05, 0.1) is 17.2 Å². The molecule has 0 radical (unpaired) electrons. The minimum atomic E-state index is -4.97. The molecule has 164 valence electrons. The predicted molar refractivity (Wildman–Crippen MR) is 101 cm³/mol. The lowest BCUT2D eigenvalue weighted by molar-refractivity contribution is -0.143. The molecule has 2 heterocycles. The second-order valence-corrected chi connectivity index (χ2v) is 6.60. The van der Waals surface area contributed by atoms with E-state index in [2.05, 4.69) is 30.7 Å². The standard InChI is InChI=1S/C17H13F6N7S/c1-9(13-26-8-27-30(13)14-24-3-2-4-25-14)28-15(31)29-12-6-10(16(18,19)20)5-11(7-12)17(21,22)23/h2-9H,1H3,(H2,28,29,31). The van der Waals surface area contributed by atoms with Crippen molar-refractivity contribution in [3.8, 4) is 5.95 Å². The van der Waals surface area contributed by atoms with E-state index in [9.17, 15) is 26.3 Å². The van der Waals surface area contributed by atoms with Crippen LogP contribution in [0.15, 0.2) is 43.0 Å². The van der Waals surface area contributed by atoms with Gasteiger partial charge in [0.2, 0.25) is 0 Å². The molecule has 0 bridgehead atoms. The maximum atomic E-state index is 13.0. The van der Waals surface area contributed by atoms with Gasteiger partial charge in [-0.25, -0.2) is 15.0 Å². The number of nitrogens with one attached hydrogen (secondary N) is 2. The smallest absolute Gasteiger partial charge is 0.353 e. The minimum Gasteiger partial charge on any atom is -0.353 e. The Bertz CT molecular complexity index is 1030. The zero-order chi connectivity index (χ0) is 22.8. The van der Waals surface area contributed by atoms with Gasteiger partial charge in [-0.15, -0.1) is 0 Å². The van der Waals surface area contributed by atoms with Crippen LogP contribution in [0.3, 0.4) is 0 Å². The second kappa shape index (κ2) is 8.45. The molecular formula is C17H13F6N7S. The van der Waals surface area contributed by atoms with Crippen LogP contribution in [-0.4, -0.2) is 29.8 Å². The highest BCUT2D eigenvalue weighted by atomic mass is 32.1. The predicted octanol–water partition coefficient (Wildman–Crippen LogP) is 4.14. The van der Waals surface area contributed by atoms with Crippen LogP contribution in [0.2, 0.25) is 0 Å². The summed E-state index contributed by atoms with van der Waals surface area (Å²) in [6.07, 6.45) is -5.71. The van der Waals surface area contributed by atoms with Crippen molar-refractivity contribution in [2.75, 3.05) is 5.32 Å². The maximum absolute atomic E-state index is 13.0. The fraction of sp³-hybridized carbons (Fsp3) is 0.235. The summed E-state index contributed by atoms with van der Waals surface area (Å²) in [7, 11) is 0. The SMILES string of the molecule is CC(NC(=S)Nc1cc(C(F)(F)F)cc(C(F)(F)F)c1)c1ncnn1-c1ncccn1. The topological polar surface area (TPSA) is 80.5 Å². The number of anilines is 1. The molecule has 14 heteroatoms. The van der Waals surface area contributed by atoms with Gasteiger partial charge in [-0.2, -0.15) is 36.1 Å². The highest BCUT2D eigenvalue weighted by Gasteiger charge is 2.37. The fourth-order valence-corrected chi connectivity index (χ4v) is 2.85. The lowest BCUT2D eigenvalue weighted by Crippen LogP contribution is -2.32. The van der Waals surface area contributed by atoms with Crippen molar-refractivity contribution < 1.29 is 26.3 Å². The summed E-state index contributed by atoms with van der Waals surface area (Å²) in [5, 5.41) is 8.87. The van der Waals surface area contributed by atoms with Gasteiger partial charge in [0.15, 0.2) is 10.9 Å². The first kappa shape index (κ1) is 22.4. The van der Waals surface area contributed by atoms with Crippen LogP contribution >= 0.6 is 12.2 Å². The van der Waals surface area contributed by atoms with E-state index in [1.807, 2.05) is 0 Å². The van der Waals surface area contributed by atoms with Gasteiger partial charge in [0.25, 0.3) is 5.95 Å². The molecule has 0 aliphatic heterocycles. The van der Waals surface area contributed by atoms with E-state index in [1.165, 1.54) is 23.4 Å². The van der Waals surface area contributed by atoms with Gasteiger partial charge in [0.1, 0.15) is 6.33 Å². The van der Waals surface area contributed by atoms with Crippen LogP contribution in [0.4, 0.5) is 32.0 Å². The third kappa shape index (κ3) is 5.45. The summed E-state index contributed by atoms with van der Waals surface area (Å²) >= 11 is 5.05. The van der Waals surface area contributed by atoms with Gasteiger partial charge in [0, 0.05) is 18.1 Å². The Hall–Kier alpha value is -3.29. The molecule has 3 aromatic rings. The Balaban J connectivity index is 1.79. The molecule has 1 unspecified atom stereocenters. The fourth-order valence-electron chi connectivity index (χ4n) is 2.56. The van der Waals surface area contributed by atoms with Crippen molar-refractivity contribution in [1.29, 1.82) is 0 Å². The monoisotopic (exact) mass is 461 g/mol. The first-order valence-electron chi connectivity index (χ1n) is 8.49. The number of hydrogen-bond acceptors (Lipinski definition) is 5. The molecule has 31 heavy (non-hydrogen) atoms. The summed E-state index contributed by atoms with van der Waals surface area (Å²) in [6, 6.07) is 2.07. The Labute approximate surface area is 176 Å². The highest BCUT2D eigenvalue weighted by molar-refractivity contribution is 7.80. The Morgan fingerprint density at radius 1 is 0.968 bits per heavy atom. The summed E-state index contributed by atoms with van der Waals surface area (Å²) in [5.41, 5.74) is -3.39. The molecule has 0 amide bonds. The van der Waals surface area contributed by atoms with Gasteiger partial charge in [-0.05, 0) is 43.4 Å². The first-order chi connectivity index (χ1) is 14.4. The van der Waals surface area contributed by atoms with Crippen molar-refractivity contribution in [3.05, 3.63) is 59.9 Å². The molecule has 0 aliphatic carbocycles. The number of benzene rings is 1. The molecule has 7 nitrogen and oxygen atoms in total. The molecule has 0 spiro atoms. The zero-order valence-electron chi connectivity index (χ0n) is 15.5. The second-order valence-electron chi connectivity index (χ2n) is 6.19. The third-order valence-electron chi connectivity index (χ3n) is 3.90. The van der Waals surface area contributed by atoms with Gasteiger partial charge in [-0.3, -0.25) is 0 Å². The maximum Gasteiger partial charge on any atom is 0.416 e. The quantitative estimate of drug-likeness (QED) is 0.447. The van der Waals surface area contributed by atoms with Gasteiger partial charge in [-0.1, -0.05) is 0 Å². The number of halogens is 6. The minimum absolute atomic E-state index is 0.0343. The number of aromatic nitrogens is 5. The molecule has 0 aliphatic rings. The summed E-state index contributed by atoms with van der Waals surface area (Å²) in [6.45, 7) is 1.62. The summed E-state index contributed by atoms with van der Waals surface area (Å²) in [5.74, 6) is 0.533. The molecule has 1 aromatic carbocycles. The number of rotatable bonds is 4. The summed E-state index contributed by atoms with van der Waals surface area (Å²) < 4.78 is 79.3. The Kier molecular flexibility index (Phi) is 6.10. The van der Waals surface area contributed by atoms with Crippen molar-refractivity contribution in [1.82, 2.24) is 30.0 Å². The van der Waals surface area contributed by atoms with Crippen LogP contribution in [0, 0.1) is 0 Å². The third-order valence-corrected chi connectivity index (χ3v) is 4.12. The molecule has 3 rings (SSSR count). The normalized spacial score (nSPS) is 13.0. The van der Waals surface area contributed by atoms with Crippen molar-refractivity contribution in [3.63, 3.8) is 0 Å².